The topological polar surface area (TPSA) is 23.5 Å². The van der Waals surface area contributed by atoms with Gasteiger partial charge < -0.3 is 10.0 Å². The number of hydrogen-bond donors (Lipinski definition) is 1. The van der Waals surface area contributed by atoms with Crippen LogP contribution in [0.4, 0.5) is 10.1 Å². The van der Waals surface area contributed by atoms with E-state index in [1.807, 2.05) is 0 Å². The molecule has 0 saturated carbocycles. The minimum atomic E-state index is -0.283. The Bertz CT molecular complexity index is 330. The van der Waals surface area contributed by atoms with Crippen molar-refractivity contribution >= 4 is 17.3 Å². The highest BCUT2D eigenvalue weighted by molar-refractivity contribution is 6.33. The molecule has 1 aromatic rings. The molecule has 0 aromatic heterocycles. The van der Waals surface area contributed by atoms with Crippen molar-refractivity contribution in [2.75, 3.05) is 25.1 Å². The number of aryl methyl sites for hydroxylation is 1. The molecule has 0 aliphatic rings. The molecular weight excluding hydrogens is 205 g/mol. The number of benzene rings is 1. The zero-order valence-corrected chi connectivity index (χ0v) is 8.98. The van der Waals surface area contributed by atoms with Gasteiger partial charge in [-0.15, -0.1) is 0 Å². The molecule has 0 radical (unpaired) electrons. The smallest absolute Gasteiger partial charge is 0.128 e. The average Bonchev–Trinajstić information content (AvgIpc) is 2.11. The Hall–Kier alpha value is -0.800. The van der Waals surface area contributed by atoms with Gasteiger partial charge >= 0.3 is 0 Å². The third-order valence-corrected chi connectivity index (χ3v) is 2.38. The largest absolute Gasteiger partial charge is 0.395 e. The van der Waals surface area contributed by atoms with Gasteiger partial charge in [0.15, 0.2) is 0 Å². The molecule has 1 rings (SSSR count). The van der Waals surface area contributed by atoms with E-state index in [1.54, 1.807) is 24.9 Å². The van der Waals surface area contributed by atoms with Crippen molar-refractivity contribution in [1.29, 1.82) is 0 Å². The number of nitrogens with zero attached hydrogens (tertiary/aromatic N) is 1. The zero-order chi connectivity index (χ0) is 10.7. The summed E-state index contributed by atoms with van der Waals surface area (Å²) in [5.41, 5.74) is 1.12. The van der Waals surface area contributed by atoms with Crippen molar-refractivity contribution in [2.24, 2.45) is 0 Å². The number of aliphatic hydroxyl groups is 1. The van der Waals surface area contributed by atoms with Crippen molar-refractivity contribution in [3.8, 4) is 0 Å². The summed E-state index contributed by atoms with van der Waals surface area (Å²) in [6, 6.07) is 2.97. The molecule has 2 nitrogen and oxygen atoms in total. The molecule has 0 bridgehead atoms. The lowest BCUT2D eigenvalue weighted by molar-refractivity contribution is 0.304. The molecule has 0 aliphatic heterocycles. The molecule has 0 spiro atoms. The predicted octanol–water partition coefficient (Wildman–Crippen LogP) is 2.22. The first-order chi connectivity index (χ1) is 6.56. The lowest BCUT2D eigenvalue weighted by Crippen LogP contribution is -2.21. The predicted molar refractivity (Wildman–Crippen MR) is 56.5 cm³/mol. The van der Waals surface area contributed by atoms with Crippen LogP contribution in [0.2, 0.25) is 5.02 Å². The minimum absolute atomic E-state index is 0.0162. The van der Waals surface area contributed by atoms with Crippen LogP contribution in [0, 0.1) is 12.7 Å². The first-order valence-corrected chi connectivity index (χ1v) is 4.71. The van der Waals surface area contributed by atoms with Crippen LogP contribution in [0.1, 0.15) is 5.56 Å². The molecule has 0 amide bonds. The fourth-order valence-corrected chi connectivity index (χ4v) is 1.56. The SMILES string of the molecule is Cc1cc(Cl)c(N(C)CCO)cc1F. The normalized spacial score (nSPS) is 10.4. The average molecular weight is 218 g/mol. The van der Waals surface area contributed by atoms with E-state index in [1.165, 1.54) is 6.07 Å². The Labute approximate surface area is 87.9 Å². The van der Waals surface area contributed by atoms with Gasteiger partial charge in [-0.3, -0.25) is 0 Å². The molecule has 0 heterocycles. The van der Waals surface area contributed by atoms with Gasteiger partial charge in [-0.2, -0.15) is 0 Å². The maximum absolute atomic E-state index is 13.2. The first kappa shape index (κ1) is 11.3. The quantitative estimate of drug-likeness (QED) is 0.839. The highest BCUT2D eigenvalue weighted by Gasteiger charge is 2.09. The Morgan fingerprint density at radius 2 is 2.14 bits per heavy atom. The number of aliphatic hydroxyl groups excluding tert-OH is 1. The Kier molecular flexibility index (Phi) is 3.72. The zero-order valence-electron chi connectivity index (χ0n) is 8.22. The standard InChI is InChI=1S/C10H13ClFNO/c1-7-5-8(11)10(6-9(7)12)13(2)3-4-14/h5-6,14H,3-4H2,1-2H3. The summed E-state index contributed by atoms with van der Waals surface area (Å²) in [4.78, 5) is 1.71. The summed E-state index contributed by atoms with van der Waals surface area (Å²) in [7, 11) is 1.76. The van der Waals surface area contributed by atoms with Gasteiger partial charge in [0, 0.05) is 13.6 Å². The Morgan fingerprint density at radius 3 is 2.71 bits per heavy atom. The van der Waals surface area contributed by atoms with Crippen LogP contribution in [0.15, 0.2) is 12.1 Å². The molecule has 78 valence electrons. The van der Waals surface area contributed by atoms with Crippen molar-refractivity contribution in [3.05, 3.63) is 28.5 Å². The summed E-state index contributed by atoms with van der Waals surface area (Å²) in [6.45, 7) is 2.11. The van der Waals surface area contributed by atoms with E-state index >= 15 is 0 Å². The molecule has 14 heavy (non-hydrogen) atoms. The molecule has 0 saturated heterocycles. The summed E-state index contributed by atoms with van der Waals surface area (Å²) >= 11 is 5.94. The maximum Gasteiger partial charge on any atom is 0.128 e. The molecule has 0 atom stereocenters. The van der Waals surface area contributed by atoms with Crippen LogP contribution >= 0.6 is 11.6 Å². The summed E-state index contributed by atoms with van der Waals surface area (Å²) < 4.78 is 13.2. The van der Waals surface area contributed by atoms with E-state index in [0.29, 0.717) is 22.8 Å². The van der Waals surface area contributed by atoms with Crippen LogP contribution in [-0.4, -0.2) is 25.3 Å². The van der Waals surface area contributed by atoms with E-state index < -0.39 is 0 Å². The van der Waals surface area contributed by atoms with Gasteiger partial charge in [-0.25, -0.2) is 4.39 Å². The van der Waals surface area contributed by atoms with Crippen molar-refractivity contribution in [2.45, 2.75) is 6.92 Å². The van der Waals surface area contributed by atoms with Crippen LogP contribution in [0.3, 0.4) is 0 Å². The molecule has 4 heteroatoms. The van der Waals surface area contributed by atoms with Gasteiger partial charge in [-0.1, -0.05) is 11.6 Å². The number of likely N-dealkylation sites (N-methyl/N-ethyl adjacent to an activating group) is 1. The third kappa shape index (κ3) is 2.36. The number of hydrogen-bond acceptors (Lipinski definition) is 2. The van der Waals surface area contributed by atoms with E-state index in [2.05, 4.69) is 0 Å². The first-order valence-electron chi connectivity index (χ1n) is 4.34. The number of halogens is 2. The Balaban J connectivity index is 3.02. The van der Waals surface area contributed by atoms with Gasteiger partial charge in [0.25, 0.3) is 0 Å². The fourth-order valence-electron chi connectivity index (χ4n) is 1.20. The van der Waals surface area contributed by atoms with Gasteiger partial charge in [0.2, 0.25) is 0 Å². The summed E-state index contributed by atoms with van der Waals surface area (Å²) in [6.07, 6.45) is 0. The third-order valence-electron chi connectivity index (χ3n) is 2.07. The summed E-state index contributed by atoms with van der Waals surface area (Å²) in [5.74, 6) is -0.283. The molecule has 0 unspecified atom stereocenters. The van der Waals surface area contributed by atoms with Crippen LogP contribution in [-0.2, 0) is 0 Å². The highest BCUT2D eigenvalue weighted by atomic mass is 35.5. The Morgan fingerprint density at radius 1 is 1.50 bits per heavy atom. The van der Waals surface area contributed by atoms with E-state index in [-0.39, 0.29) is 12.4 Å². The lowest BCUT2D eigenvalue weighted by atomic mass is 10.2. The molecule has 1 N–H and O–H groups in total. The van der Waals surface area contributed by atoms with Gasteiger partial charge in [0.05, 0.1) is 17.3 Å². The second kappa shape index (κ2) is 4.62. The van der Waals surface area contributed by atoms with E-state index in [4.69, 9.17) is 16.7 Å². The molecule has 1 aromatic carbocycles. The molecular formula is C10H13ClFNO. The monoisotopic (exact) mass is 217 g/mol. The molecule has 0 aliphatic carbocycles. The van der Waals surface area contributed by atoms with Crippen molar-refractivity contribution in [3.63, 3.8) is 0 Å². The van der Waals surface area contributed by atoms with Crippen molar-refractivity contribution < 1.29 is 9.50 Å². The fraction of sp³-hybridized carbons (Fsp3) is 0.400. The van der Waals surface area contributed by atoms with Crippen LogP contribution in [0.25, 0.3) is 0 Å². The van der Waals surface area contributed by atoms with E-state index in [9.17, 15) is 4.39 Å². The van der Waals surface area contributed by atoms with Crippen LogP contribution in [0.5, 0.6) is 0 Å². The van der Waals surface area contributed by atoms with E-state index in [0.717, 1.165) is 0 Å². The highest BCUT2D eigenvalue weighted by Crippen LogP contribution is 2.27. The van der Waals surface area contributed by atoms with Crippen molar-refractivity contribution in [1.82, 2.24) is 0 Å². The second-order valence-electron chi connectivity index (χ2n) is 3.20. The maximum atomic E-state index is 13.2. The second-order valence-corrected chi connectivity index (χ2v) is 3.61. The lowest BCUT2D eigenvalue weighted by Gasteiger charge is -2.19. The van der Waals surface area contributed by atoms with Gasteiger partial charge in [0.1, 0.15) is 5.82 Å². The van der Waals surface area contributed by atoms with Crippen LogP contribution < -0.4 is 4.90 Å². The summed E-state index contributed by atoms with van der Waals surface area (Å²) in [5, 5.41) is 9.23. The number of rotatable bonds is 3. The number of anilines is 1. The van der Waals surface area contributed by atoms with Gasteiger partial charge in [-0.05, 0) is 24.6 Å². The molecule has 0 fully saturated rings. The minimum Gasteiger partial charge on any atom is -0.395 e.